The third kappa shape index (κ3) is 4.19. The van der Waals surface area contributed by atoms with Crippen LogP contribution in [0, 0.1) is 11.6 Å². The number of benzene rings is 1. The van der Waals surface area contributed by atoms with E-state index in [1.807, 2.05) is 6.07 Å². The zero-order valence-corrected chi connectivity index (χ0v) is 13.9. The molecule has 2 aromatic rings. The van der Waals surface area contributed by atoms with Crippen molar-refractivity contribution in [2.24, 2.45) is 0 Å². The zero-order chi connectivity index (χ0) is 17.1. The highest BCUT2D eigenvalue weighted by Gasteiger charge is 2.26. The van der Waals surface area contributed by atoms with Gasteiger partial charge in [0.25, 0.3) is 0 Å². The molecule has 24 heavy (non-hydrogen) atoms. The maximum absolute atomic E-state index is 13.3. The monoisotopic (exact) mass is 332 g/mol. The van der Waals surface area contributed by atoms with Crippen LogP contribution >= 0.6 is 0 Å². The Kier molecular flexibility index (Phi) is 4.92. The van der Waals surface area contributed by atoms with Crippen LogP contribution < -0.4 is 10.6 Å². The van der Waals surface area contributed by atoms with Crippen LogP contribution in [0.25, 0.3) is 0 Å². The minimum Gasteiger partial charge on any atom is -0.366 e. The number of halogens is 2. The van der Waals surface area contributed by atoms with E-state index in [1.54, 1.807) is 6.07 Å². The molecule has 0 saturated heterocycles. The lowest BCUT2D eigenvalue weighted by atomic mass is 10.2. The van der Waals surface area contributed by atoms with Crippen molar-refractivity contribution in [1.29, 1.82) is 0 Å². The Balaban J connectivity index is 1.74. The van der Waals surface area contributed by atoms with E-state index in [0.717, 1.165) is 31.0 Å². The van der Waals surface area contributed by atoms with Crippen molar-refractivity contribution in [2.75, 3.05) is 10.6 Å². The number of aromatic nitrogens is 2. The van der Waals surface area contributed by atoms with Gasteiger partial charge in [-0.05, 0) is 43.9 Å². The van der Waals surface area contributed by atoms with Crippen LogP contribution in [0.1, 0.15) is 50.3 Å². The molecule has 1 aromatic heterocycles. The summed E-state index contributed by atoms with van der Waals surface area (Å²) in [6, 6.07) is 6.13. The molecule has 0 spiro atoms. The first kappa shape index (κ1) is 16.6. The molecule has 0 radical (unpaired) electrons. The Hall–Kier alpha value is -2.24. The summed E-state index contributed by atoms with van der Waals surface area (Å²) in [4.78, 5) is 9.08. The number of nitrogens with one attached hydrogen (secondary N) is 2. The second-order valence-corrected chi connectivity index (χ2v) is 6.33. The fourth-order valence-corrected chi connectivity index (χ4v) is 2.37. The lowest BCUT2D eigenvalue weighted by molar-refractivity contribution is 0.507. The van der Waals surface area contributed by atoms with E-state index in [-0.39, 0.29) is 0 Å². The molecule has 4 nitrogen and oxygen atoms in total. The van der Waals surface area contributed by atoms with Gasteiger partial charge >= 0.3 is 0 Å². The van der Waals surface area contributed by atoms with Gasteiger partial charge in [0.05, 0.1) is 5.69 Å². The highest BCUT2D eigenvalue weighted by atomic mass is 19.2. The molecule has 1 atom stereocenters. The Morgan fingerprint density at radius 2 is 1.96 bits per heavy atom. The van der Waals surface area contributed by atoms with Crippen LogP contribution in [0.2, 0.25) is 0 Å². The van der Waals surface area contributed by atoms with Gasteiger partial charge in [-0.3, -0.25) is 0 Å². The molecule has 1 fully saturated rings. The van der Waals surface area contributed by atoms with Crippen molar-refractivity contribution in [3.63, 3.8) is 0 Å². The van der Waals surface area contributed by atoms with Crippen LogP contribution in [0.15, 0.2) is 24.3 Å². The molecule has 128 valence electrons. The Morgan fingerprint density at radius 3 is 2.62 bits per heavy atom. The summed E-state index contributed by atoms with van der Waals surface area (Å²) >= 11 is 0. The molecular weight excluding hydrogens is 310 g/mol. The summed E-state index contributed by atoms with van der Waals surface area (Å²) < 4.78 is 26.3. The number of rotatable bonds is 7. The SMILES string of the molecule is CC[C@H](C)Nc1nc(NCc2ccc(F)c(F)c2)cc(C2CC2)n1. The molecule has 1 aliphatic rings. The van der Waals surface area contributed by atoms with E-state index in [1.165, 1.54) is 6.07 Å². The molecule has 1 aliphatic carbocycles. The second kappa shape index (κ2) is 7.11. The van der Waals surface area contributed by atoms with Crippen LogP contribution in [-0.4, -0.2) is 16.0 Å². The molecule has 0 aliphatic heterocycles. The van der Waals surface area contributed by atoms with E-state index >= 15 is 0 Å². The van der Waals surface area contributed by atoms with Crippen LogP contribution in [-0.2, 0) is 6.54 Å². The van der Waals surface area contributed by atoms with Crippen molar-refractivity contribution in [3.05, 3.63) is 47.2 Å². The van der Waals surface area contributed by atoms with E-state index in [2.05, 4.69) is 34.4 Å². The third-order valence-electron chi connectivity index (χ3n) is 4.19. The molecule has 0 unspecified atom stereocenters. The average Bonchev–Trinajstić information content (AvgIpc) is 3.40. The zero-order valence-electron chi connectivity index (χ0n) is 13.9. The summed E-state index contributed by atoms with van der Waals surface area (Å²) in [5, 5.41) is 6.48. The van der Waals surface area contributed by atoms with Gasteiger partial charge in [-0.15, -0.1) is 0 Å². The van der Waals surface area contributed by atoms with Gasteiger partial charge in [-0.25, -0.2) is 13.8 Å². The summed E-state index contributed by atoms with van der Waals surface area (Å²) in [5.41, 5.74) is 1.69. The Labute approximate surface area is 140 Å². The number of hydrogen-bond acceptors (Lipinski definition) is 4. The van der Waals surface area contributed by atoms with Crippen molar-refractivity contribution >= 4 is 11.8 Å². The van der Waals surface area contributed by atoms with Gasteiger partial charge in [0.15, 0.2) is 11.6 Å². The quantitative estimate of drug-likeness (QED) is 0.786. The summed E-state index contributed by atoms with van der Waals surface area (Å²) in [5.74, 6) is 0.143. The highest BCUT2D eigenvalue weighted by molar-refractivity contribution is 5.45. The smallest absolute Gasteiger partial charge is 0.225 e. The van der Waals surface area contributed by atoms with Gasteiger partial charge in [0.1, 0.15) is 5.82 Å². The van der Waals surface area contributed by atoms with Crippen molar-refractivity contribution in [2.45, 2.75) is 51.6 Å². The molecule has 1 heterocycles. The first-order valence-electron chi connectivity index (χ1n) is 8.38. The lowest BCUT2D eigenvalue weighted by Crippen LogP contribution is -2.17. The maximum Gasteiger partial charge on any atom is 0.225 e. The van der Waals surface area contributed by atoms with Crippen LogP contribution in [0.3, 0.4) is 0 Å². The Morgan fingerprint density at radius 1 is 1.17 bits per heavy atom. The second-order valence-electron chi connectivity index (χ2n) is 6.33. The normalized spacial score (nSPS) is 15.2. The first-order valence-corrected chi connectivity index (χ1v) is 8.38. The predicted octanol–water partition coefficient (Wildman–Crippen LogP) is 4.45. The fraction of sp³-hybridized carbons (Fsp3) is 0.444. The fourth-order valence-electron chi connectivity index (χ4n) is 2.37. The number of anilines is 2. The van der Waals surface area contributed by atoms with Crippen LogP contribution in [0.5, 0.6) is 0 Å². The van der Waals surface area contributed by atoms with Gasteiger partial charge in [-0.2, -0.15) is 4.98 Å². The molecular formula is C18H22F2N4. The third-order valence-corrected chi connectivity index (χ3v) is 4.19. The minimum absolute atomic E-state index is 0.290. The average molecular weight is 332 g/mol. The number of hydrogen-bond donors (Lipinski definition) is 2. The van der Waals surface area contributed by atoms with Gasteiger partial charge in [0, 0.05) is 24.6 Å². The van der Waals surface area contributed by atoms with Gasteiger partial charge < -0.3 is 10.6 Å². The lowest BCUT2D eigenvalue weighted by Gasteiger charge is -2.14. The van der Waals surface area contributed by atoms with Crippen molar-refractivity contribution < 1.29 is 8.78 Å². The van der Waals surface area contributed by atoms with Crippen molar-refractivity contribution in [1.82, 2.24) is 9.97 Å². The Bertz CT molecular complexity index is 716. The summed E-state index contributed by atoms with van der Waals surface area (Å²) in [7, 11) is 0. The predicted molar refractivity (Wildman–Crippen MR) is 91.1 cm³/mol. The largest absolute Gasteiger partial charge is 0.366 e. The molecule has 1 aromatic carbocycles. The molecule has 2 N–H and O–H groups in total. The molecule has 0 amide bonds. The first-order chi connectivity index (χ1) is 11.5. The van der Waals surface area contributed by atoms with Gasteiger partial charge in [0.2, 0.25) is 5.95 Å². The maximum atomic E-state index is 13.3. The molecule has 0 bridgehead atoms. The number of nitrogens with zero attached hydrogens (tertiary/aromatic N) is 2. The molecule has 6 heteroatoms. The van der Waals surface area contributed by atoms with E-state index in [9.17, 15) is 8.78 Å². The van der Waals surface area contributed by atoms with Gasteiger partial charge in [-0.1, -0.05) is 13.0 Å². The highest BCUT2D eigenvalue weighted by Crippen LogP contribution is 2.39. The molecule has 3 rings (SSSR count). The standard InChI is InChI=1S/C18H22F2N4/c1-3-11(2)22-18-23-16(13-5-6-13)9-17(24-18)21-10-12-4-7-14(19)15(20)8-12/h4,7-9,11,13H,3,5-6,10H2,1-2H3,(H2,21,22,23,24)/t11-/m0/s1. The summed E-state index contributed by atoms with van der Waals surface area (Å²) in [6.45, 7) is 4.56. The molecule has 1 saturated carbocycles. The summed E-state index contributed by atoms with van der Waals surface area (Å²) in [6.07, 6.45) is 3.29. The van der Waals surface area contributed by atoms with Crippen LogP contribution in [0.4, 0.5) is 20.5 Å². The van der Waals surface area contributed by atoms with E-state index in [0.29, 0.717) is 35.8 Å². The minimum atomic E-state index is -0.838. The van der Waals surface area contributed by atoms with E-state index < -0.39 is 11.6 Å². The topological polar surface area (TPSA) is 49.8 Å². The van der Waals surface area contributed by atoms with Crippen molar-refractivity contribution in [3.8, 4) is 0 Å². The van der Waals surface area contributed by atoms with E-state index in [4.69, 9.17) is 0 Å².